The van der Waals surface area contributed by atoms with Crippen molar-refractivity contribution < 1.29 is 0 Å². The Labute approximate surface area is 49.3 Å². The summed E-state index contributed by atoms with van der Waals surface area (Å²) in [5.74, 6) is 1.12. The van der Waals surface area contributed by atoms with Crippen LogP contribution < -0.4 is 4.72 Å². The number of hydrogen-bond acceptors (Lipinski definition) is 2. The number of hydrogen-bond donors (Lipinski definition) is 1. The van der Waals surface area contributed by atoms with E-state index in [4.69, 9.17) is 0 Å². The normalized spacial score (nSPS) is 10.0. The van der Waals surface area contributed by atoms with Gasteiger partial charge in [-0.2, -0.15) is 0 Å². The zero-order valence-corrected chi connectivity index (χ0v) is 5.59. The molecule has 0 atom stereocenters. The van der Waals surface area contributed by atoms with Gasteiger partial charge in [-0.15, -0.1) is 0 Å². The summed E-state index contributed by atoms with van der Waals surface area (Å²) >= 11 is 1.70. The highest BCUT2D eigenvalue weighted by Crippen LogP contribution is 1.87. The fourth-order valence-corrected chi connectivity index (χ4v) is 0.598. The Hall–Kier alpha value is -0.110. The Morgan fingerprint density at radius 1 is 1.71 bits per heavy atom. The zero-order valence-electron chi connectivity index (χ0n) is 4.77. The third kappa shape index (κ3) is 5.89. The lowest BCUT2D eigenvalue weighted by atomic mass is 10.7. The van der Waals surface area contributed by atoms with Crippen molar-refractivity contribution in [3.63, 3.8) is 0 Å². The Bertz CT molecular complexity index is 52.0. The molecule has 0 aliphatic carbocycles. The van der Waals surface area contributed by atoms with E-state index in [9.17, 15) is 0 Å². The van der Waals surface area contributed by atoms with Crippen molar-refractivity contribution >= 4 is 11.9 Å². The summed E-state index contributed by atoms with van der Waals surface area (Å²) in [5, 5.41) is 0. The highest BCUT2D eigenvalue weighted by molar-refractivity contribution is 7.97. The lowest BCUT2D eigenvalue weighted by Crippen LogP contribution is -1.88. The molecule has 42 valence electrons. The first-order valence-corrected chi connectivity index (χ1v) is 3.38. The molecule has 1 N–H and O–H groups in total. The molecule has 0 aromatic heterocycles. The molecule has 0 unspecified atom stereocenters. The van der Waals surface area contributed by atoms with Gasteiger partial charge in [-0.1, -0.05) is 24.9 Å². The van der Waals surface area contributed by atoms with Crippen LogP contribution in [0, 0.1) is 0 Å². The van der Waals surface area contributed by atoms with Gasteiger partial charge in [-0.05, 0) is 6.92 Å². The molecular formula is C5H11NS. The molecule has 0 bridgehead atoms. The van der Waals surface area contributed by atoms with E-state index in [-0.39, 0.29) is 0 Å². The summed E-state index contributed by atoms with van der Waals surface area (Å²) in [6, 6.07) is 0. The first-order chi connectivity index (χ1) is 3.41. The fourth-order valence-electron chi connectivity index (χ4n) is 0.199. The summed E-state index contributed by atoms with van der Waals surface area (Å²) in [7, 11) is 0. The first-order valence-electron chi connectivity index (χ1n) is 2.40. The molecule has 0 aliphatic heterocycles. The van der Waals surface area contributed by atoms with Crippen LogP contribution >= 0.6 is 11.9 Å². The minimum Gasteiger partial charge on any atom is -0.337 e. The molecule has 0 saturated carbocycles. The predicted octanol–water partition coefficient (Wildman–Crippen LogP) is 1.78. The Kier molecular flexibility index (Phi) is 5.80. The van der Waals surface area contributed by atoms with E-state index in [2.05, 4.69) is 11.6 Å². The van der Waals surface area contributed by atoms with Gasteiger partial charge >= 0.3 is 0 Å². The van der Waals surface area contributed by atoms with E-state index < -0.39 is 0 Å². The number of rotatable bonds is 3. The van der Waals surface area contributed by atoms with Gasteiger partial charge in [0, 0.05) is 12.0 Å². The van der Waals surface area contributed by atoms with Crippen LogP contribution in [-0.4, -0.2) is 5.75 Å². The third-order valence-electron chi connectivity index (χ3n) is 0.462. The van der Waals surface area contributed by atoms with Crippen molar-refractivity contribution in [3.05, 3.63) is 12.3 Å². The minimum atomic E-state index is 1.12. The molecule has 0 aromatic rings. The summed E-state index contributed by atoms with van der Waals surface area (Å²) in [4.78, 5) is 0. The van der Waals surface area contributed by atoms with E-state index >= 15 is 0 Å². The van der Waals surface area contributed by atoms with Gasteiger partial charge in [0.25, 0.3) is 0 Å². The van der Waals surface area contributed by atoms with Gasteiger partial charge in [0.05, 0.1) is 0 Å². The van der Waals surface area contributed by atoms with E-state index in [1.165, 1.54) is 0 Å². The molecule has 0 aliphatic rings. The van der Waals surface area contributed by atoms with Gasteiger partial charge in [-0.3, -0.25) is 0 Å². The average molecular weight is 117 g/mol. The van der Waals surface area contributed by atoms with E-state index in [0.717, 1.165) is 5.75 Å². The van der Waals surface area contributed by atoms with E-state index in [1.54, 1.807) is 11.9 Å². The molecule has 0 saturated heterocycles. The van der Waals surface area contributed by atoms with Crippen molar-refractivity contribution in [1.82, 2.24) is 4.72 Å². The molecule has 0 amide bonds. The zero-order chi connectivity index (χ0) is 5.54. The fraction of sp³-hybridized carbons (Fsp3) is 0.600. The Balaban J connectivity index is 2.69. The van der Waals surface area contributed by atoms with Crippen molar-refractivity contribution in [3.8, 4) is 0 Å². The molecule has 0 aromatic carbocycles. The largest absolute Gasteiger partial charge is 0.337 e. The highest BCUT2D eigenvalue weighted by atomic mass is 32.2. The smallest absolute Gasteiger partial charge is 0.0103 e. The average Bonchev–Trinajstić information content (AvgIpc) is 1.69. The summed E-state index contributed by atoms with van der Waals surface area (Å²) < 4.78 is 3.02. The van der Waals surface area contributed by atoms with E-state index in [1.807, 2.05) is 19.2 Å². The molecule has 7 heavy (non-hydrogen) atoms. The standard InChI is InChI=1S/C5H11NS/c1-3-5-6-7-4-2/h3,5-6H,4H2,1-2H3/b5-3+. The number of allylic oxidation sites excluding steroid dienone is 1. The minimum absolute atomic E-state index is 1.12. The van der Waals surface area contributed by atoms with Gasteiger partial charge in [0.2, 0.25) is 0 Å². The monoisotopic (exact) mass is 117 g/mol. The molecule has 1 nitrogen and oxygen atoms in total. The number of nitrogens with one attached hydrogen (secondary N) is 1. The molecule has 2 heteroatoms. The van der Waals surface area contributed by atoms with Gasteiger partial charge in [0.15, 0.2) is 0 Å². The SMILES string of the molecule is C/C=C/NSCC. The van der Waals surface area contributed by atoms with Crippen LogP contribution in [0.25, 0.3) is 0 Å². The third-order valence-corrected chi connectivity index (χ3v) is 1.05. The van der Waals surface area contributed by atoms with Crippen LogP contribution in [0.1, 0.15) is 13.8 Å². The van der Waals surface area contributed by atoms with Crippen LogP contribution in [-0.2, 0) is 0 Å². The Morgan fingerprint density at radius 3 is 2.86 bits per heavy atom. The van der Waals surface area contributed by atoms with Crippen molar-refractivity contribution in [1.29, 1.82) is 0 Å². The van der Waals surface area contributed by atoms with Crippen LogP contribution in [0.5, 0.6) is 0 Å². The van der Waals surface area contributed by atoms with Crippen LogP contribution in [0.15, 0.2) is 12.3 Å². The van der Waals surface area contributed by atoms with Crippen LogP contribution in [0.4, 0.5) is 0 Å². The van der Waals surface area contributed by atoms with Crippen molar-refractivity contribution in [2.45, 2.75) is 13.8 Å². The maximum Gasteiger partial charge on any atom is 0.0103 e. The quantitative estimate of drug-likeness (QED) is 0.446. The maximum atomic E-state index is 3.02. The van der Waals surface area contributed by atoms with Crippen LogP contribution in [0.3, 0.4) is 0 Å². The van der Waals surface area contributed by atoms with Gasteiger partial charge < -0.3 is 4.72 Å². The second-order valence-electron chi connectivity index (χ2n) is 1.05. The van der Waals surface area contributed by atoms with Crippen LogP contribution in [0.2, 0.25) is 0 Å². The van der Waals surface area contributed by atoms with Gasteiger partial charge in [-0.25, -0.2) is 0 Å². The topological polar surface area (TPSA) is 12.0 Å². The molecule has 0 spiro atoms. The summed E-state index contributed by atoms with van der Waals surface area (Å²) in [6.07, 6.45) is 3.90. The molecule has 0 heterocycles. The molecule has 0 rings (SSSR count). The Morgan fingerprint density at radius 2 is 2.43 bits per heavy atom. The lowest BCUT2D eigenvalue weighted by molar-refractivity contribution is 1.37. The van der Waals surface area contributed by atoms with E-state index in [0.29, 0.717) is 0 Å². The molecular weight excluding hydrogens is 106 g/mol. The second kappa shape index (κ2) is 5.89. The summed E-state index contributed by atoms with van der Waals surface area (Å²) in [6.45, 7) is 4.10. The predicted molar refractivity (Wildman–Crippen MR) is 36.1 cm³/mol. The van der Waals surface area contributed by atoms with Gasteiger partial charge in [0.1, 0.15) is 0 Å². The van der Waals surface area contributed by atoms with Crippen molar-refractivity contribution in [2.75, 3.05) is 5.75 Å². The first kappa shape index (κ1) is 6.89. The summed E-state index contributed by atoms with van der Waals surface area (Å²) in [5.41, 5.74) is 0. The lowest BCUT2D eigenvalue weighted by Gasteiger charge is -1.90. The molecule has 0 fully saturated rings. The highest BCUT2D eigenvalue weighted by Gasteiger charge is 1.68. The maximum absolute atomic E-state index is 3.02. The second-order valence-corrected chi connectivity index (χ2v) is 2.15. The molecule has 0 radical (unpaired) electrons. The van der Waals surface area contributed by atoms with Crippen molar-refractivity contribution in [2.24, 2.45) is 0 Å².